The van der Waals surface area contributed by atoms with Crippen LogP contribution >= 0.6 is 0 Å². The van der Waals surface area contributed by atoms with E-state index in [1.54, 1.807) is 4.90 Å². The molecule has 4 rings (SSSR count). The Labute approximate surface area is 187 Å². The number of rotatable bonds is 8. The van der Waals surface area contributed by atoms with Crippen LogP contribution < -0.4 is 0 Å². The van der Waals surface area contributed by atoms with Crippen molar-refractivity contribution in [3.05, 3.63) is 71.8 Å². The van der Waals surface area contributed by atoms with E-state index in [0.29, 0.717) is 13.2 Å². The molecule has 32 heavy (non-hydrogen) atoms. The van der Waals surface area contributed by atoms with Gasteiger partial charge in [0.15, 0.2) is 18.5 Å². The highest BCUT2D eigenvalue weighted by Gasteiger charge is 2.58. The third-order valence-corrected chi connectivity index (χ3v) is 5.57. The van der Waals surface area contributed by atoms with Gasteiger partial charge in [-0.05, 0) is 11.1 Å². The molecule has 8 heteroatoms. The van der Waals surface area contributed by atoms with Crippen molar-refractivity contribution in [2.24, 2.45) is 0 Å². The molecule has 5 atom stereocenters. The first-order valence-electron chi connectivity index (χ1n) is 10.5. The zero-order valence-corrected chi connectivity index (χ0v) is 18.1. The number of benzene rings is 2. The zero-order chi connectivity index (χ0) is 22.5. The molecule has 0 saturated carbocycles. The van der Waals surface area contributed by atoms with Gasteiger partial charge in [-0.3, -0.25) is 9.69 Å². The number of nitrogens with zero attached hydrogens (tertiary/aromatic N) is 1. The SMILES string of the molecule is CO[C@H]1O[C@H](COCc2ccccc2)[C@@H](OC(C)=O)[C@@H]2OC(=O)N(Cc3ccccc3)[C@@H]12. The van der Waals surface area contributed by atoms with E-state index in [9.17, 15) is 9.59 Å². The smallest absolute Gasteiger partial charge is 0.411 e. The van der Waals surface area contributed by atoms with Gasteiger partial charge in [-0.2, -0.15) is 0 Å². The first kappa shape index (κ1) is 22.3. The second kappa shape index (κ2) is 10.1. The average molecular weight is 441 g/mol. The van der Waals surface area contributed by atoms with E-state index in [1.165, 1.54) is 14.0 Å². The first-order chi connectivity index (χ1) is 15.6. The molecule has 170 valence electrons. The van der Waals surface area contributed by atoms with E-state index in [1.807, 2.05) is 60.7 Å². The van der Waals surface area contributed by atoms with Crippen LogP contribution in [-0.2, 0) is 41.6 Å². The maximum Gasteiger partial charge on any atom is 0.411 e. The number of methoxy groups -OCH3 is 1. The van der Waals surface area contributed by atoms with E-state index in [4.69, 9.17) is 23.7 Å². The summed E-state index contributed by atoms with van der Waals surface area (Å²) in [6.07, 6.45) is -3.47. The Hall–Kier alpha value is -2.94. The minimum atomic E-state index is -0.815. The van der Waals surface area contributed by atoms with Gasteiger partial charge in [0.25, 0.3) is 0 Å². The van der Waals surface area contributed by atoms with Crippen LogP contribution in [-0.4, -0.2) is 61.3 Å². The predicted molar refractivity (Wildman–Crippen MR) is 113 cm³/mol. The van der Waals surface area contributed by atoms with Gasteiger partial charge in [0.05, 0.1) is 13.2 Å². The molecule has 0 bridgehead atoms. The molecule has 0 aliphatic carbocycles. The van der Waals surface area contributed by atoms with Crippen molar-refractivity contribution in [2.45, 2.75) is 50.7 Å². The van der Waals surface area contributed by atoms with Gasteiger partial charge >= 0.3 is 12.1 Å². The number of ether oxygens (including phenoxy) is 5. The summed E-state index contributed by atoms with van der Waals surface area (Å²) in [4.78, 5) is 26.2. The van der Waals surface area contributed by atoms with E-state index in [-0.39, 0.29) is 6.61 Å². The molecular weight excluding hydrogens is 414 g/mol. The molecule has 0 spiro atoms. The predicted octanol–water partition coefficient (Wildman–Crippen LogP) is 2.90. The van der Waals surface area contributed by atoms with Crippen molar-refractivity contribution in [1.29, 1.82) is 0 Å². The van der Waals surface area contributed by atoms with Gasteiger partial charge in [0.2, 0.25) is 0 Å². The third-order valence-electron chi connectivity index (χ3n) is 5.57. The highest BCUT2D eigenvalue weighted by atomic mass is 16.7. The second-order valence-corrected chi connectivity index (χ2v) is 7.81. The van der Waals surface area contributed by atoms with Gasteiger partial charge in [-0.15, -0.1) is 0 Å². The highest BCUT2D eigenvalue weighted by molar-refractivity contribution is 5.71. The Balaban J connectivity index is 1.51. The average Bonchev–Trinajstić information content (AvgIpc) is 3.12. The number of hydrogen-bond acceptors (Lipinski definition) is 7. The lowest BCUT2D eigenvalue weighted by atomic mass is 9.96. The first-order valence-corrected chi connectivity index (χ1v) is 10.5. The molecule has 2 fully saturated rings. The molecule has 2 aliphatic heterocycles. The van der Waals surface area contributed by atoms with Crippen LogP contribution in [0, 0.1) is 0 Å². The topological polar surface area (TPSA) is 83.5 Å². The molecular formula is C24H27NO7. The lowest BCUT2D eigenvalue weighted by Crippen LogP contribution is -2.62. The minimum Gasteiger partial charge on any atom is -0.456 e. The summed E-state index contributed by atoms with van der Waals surface area (Å²) in [6.45, 7) is 2.16. The highest BCUT2D eigenvalue weighted by Crippen LogP contribution is 2.36. The molecule has 0 aromatic heterocycles. The number of hydrogen-bond donors (Lipinski definition) is 0. The molecule has 2 heterocycles. The Kier molecular flexibility index (Phi) is 7.04. The van der Waals surface area contributed by atoms with Crippen molar-refractivity contribution >= 4 is 12.1 Å². The summed E-state index contributed by atoms with van der Waals surface area (Å²) in [5, 5.41) is 0. The number of amides is 1. The monoisotopic (exact) mass is 441 g/mol. The zero-order valence-electron chi connectivity index (χ0n) is 18.1. The standard InChI is InChI=1S/C24H27NO7/c1-16(26)30-21-19(15-29-14-18-11-7-4-8-12-18)31-23(28-2)20-22(21)32-24(27)25(20)13-17-9-5-3-6-10-17/h3-12,19-23H,13-15H2,1-2H3/t19-,20-,21-,22-,23+/m1/s1. The molecule has 0 N–H and O–H groups in total. The molecule has 1 amide bonds. The molecule has 2 saturated heterocycles. The van der Waals surface area contributed by atoms with Crippen LogP contribution in [0.2, 0.25) is 0 Å². The van der Waals surface area contributed by atoms with Crippen molar-refractivity contribution < 1.29 is 33.3 Å². The van der Waals surface area contributed by atoms with Crippen LogP contribution in [0.4, 0.5) is 4.79 Å². The number of carbonyl (C=O) groups excluding carboxylic acids is 2. The van der Waals surface area contributed by atoms with E-state index in [2.05, 4.69) is 0 Å². The van der Waals surface area contributed by atoms with Crippen molar-refractivity contribution in [2.75, 3.05) is 13.7 Å². The van der Waals surface area contributed by atoms with E-state index < -0.39 is 42.7 Å². The Morgan fingerprint density at radius 3 is 2.31 bits per heavy atom. The molecule has 0 unspecified atom stereocenters. The van der Waals surface area contributed by atoms with Crippen LogP contribution in [0.15, 0.2) is 60.7 Å². The number of esters is 1. The van der Waals surface area contributed by atoms with E-state index in [0.717, 1.165) is 11.1 Å². The fraction of sp³-hybridized carbons (Fsp3) is 0.417. The molecule has 0 radical (unpaired) electrons. The number of carbonyl (C=O) groups is 2. The summed E-state index contributed by atoms with van der Waals surface area (Å²) in [5.74, 6) is -0.487. The van der Waals surface area contributed by atoms with Gasteiger partial charge in [0.1, 0.15) is 12.1 Å². The summed E-state index contributed by atoms with van der Waals surface area (Å²) in [7, 11) is 1.51. The summed E-state index contributed by atoms with van der Waals surface area (Å²) >= 11 is 0. The summed E-state index contributed by atoms with van der Waals surface area (Å²) < 4.78 is 28.8. The largest absolute Gasteiger partial charge is 0.456 e. The molecule has 2 aliphatic rings. The number of fused-ring (bicyclic) bond motifs is 1. The quantitative estimate of drug-likeness (QED) is 0.583. The second-order valence-electron chi connectivity index (χ2n) is 7.81. The Morgan fingerprint density at radius 1 is 1.03 bits per heavy atom. The van der Waals surface area contributed by atoms with Crippen molar-refractivity contribution in [3.63, 3.8) is 0 Å². The van der Waals surface area contributed by atoms with Gasteiger partial charge in [0, 0.05) is 20.6 Å². The summed E-state index contributed by atoms with van der Waals surface area (Å²) in [5.41, 5.74) is 1.95. The van der Waals surface area contributed by atoms with E-state index >= 15 is 0 Å². The minimum absolute atomic E-state index is 0.145. The van der Waals surface area contributed by atoms with Gasteiger partial charge in [-0.25, -0.2) is 4.79 Å². The lowest BCUT2D eigenvalue weighted by molar-refractivity contribution is -0.267. The Morgan fingerprint density at radius 2 is 1.69 bits per heavy atom. The lowest BCUT2D eigenvalue weighted by Gasteiger charge is -2.42. The van der Waals surface area contributed by atoms with Crippen LogP contribution in [0.1, 0.15) is 18.1 Å². The third kappa shape index (κ3) is 4.93. The molecule has 8 nitrogen and oxygen atoms in total. The van der Waals surface area contributed by atoms with Gasteiger partial charge < -0.3 is 23.7 Å². The normalized spacial score (nSPS) is 27.0. The fourth-order valence-electron chi connectivity index (χ4n) is 4.14. The van der Waals surface area contributed by atoms with Crippen LogP contribution in [0.3, 0.4) is 0 Å². The summed E-state index contributed by atoms with van der Waals surface area (Å²) in [6, 6.07) is 18.7. The maximum atomic E-state index is 12.8. The fourth-order valence-corrected chi connectivity index (χ4v) is 4.14. The molecule has 2 aromatic rings. The van der Waals surface area contributed by atoms with Crippen LogP contribution in [0.5, 0.6) is 0 Å². The van der Waals surface area contributed by atoms with Gasteiger partial charge in [-0.1, -0.05) is 60.7 Å². The van der Waals surface area contributed by atoms with Crippen molar-refractivity contribution in [1.82, 2.24) is 4.90 Å². The van der Waals surface area contributed by atoms with Crippen molar-refractivity contribution in [3.8, 4) is 0 Å². The molecule has 2 aromatic carbocycles. The van der Waals surface area contributed by atoms with Crippen LogP contribution in [0.25, 0.3) is 0 Å². The maximum absolute atomic E-state index is 12.8. The Bertz CT molecular complexity index is 907.